The first-order valence-electron chi connectivity index (χ1n) is 11.7. The van der Waals surface area contributed by atoms with E-state index >= 15 is 0 Å². The van der Waals surface area contributed by atoms with Gasteiger partial charge in [-0.3, -0.25) is 4.79 Å². The third-order valence-electron chi connectivity index (χ3n) is 6.66. The smallest absolute Gasteiger partial charge is 0.256 e. The molecule has 35 heavy (non-hydrogen) atoms. The molecule has 4 aromatic heterocycles. The molecule has 4 heterocycles. The lowest BCUT2D eigenvalue weighted by atomic mass is 9.85. The summed E-state index contributed by atoms with van der Waals surface area (Å²) in [5.41, 5.74) is 3.09. The Labute approximate surface area is 201 Å². The molecule has 1 aliphatic carbocycles. The van der Waals surface area contributed by atoms with Gasteiger partial charge in [-0.25, -0.2) is 23.7 Å². The number of hydrogen-bond donors (Lipinski definition) is 2. The Morgan fingerprint density at radius 2 is 1.97 bits per heavy atom. The summed E-state index contributed by atoms with van der Waals surface area (Å²) in [5.74, 6) is 1.31. The van der Waals surface area contributed by atoms with Crippen LogP contribution < -0.4 is 5.32 Å². The molecule has 0 aliphatic heterocycles. The van der Waals surface area contributed by atoms with Crippen molar-refractivity contribution in [2.75, 3.05) is 19.4 Å². The van der Waals surface area contributed by atoms with E-state index in [-0.39, 0.29) is 17.9 Å². The average Bonchev–Trinajstić information content (AvgIpc) is 3.39. The lowest BCUT2D eigenvalue weighted by molar-refractivity contribution is -0.133. The van der Waals surface area contributed by atoms with E-state index in [9.17, 15) is 13.6 Å². The Balaban J connectivity index is 1.35. The molecule has 0 bridgehead atoms. The van der Waals surface area contributed by atoms with Crippen LogP contribution in [0.5, 0.6) is 0 Å². The van der Waals surface area contributed by atoms with Crippen molar-refractivity contribution in [3.63, 3.8) is 0 Å². The van der Waals surface area contributed by atoms with Crippen molar-refractivity contribution in [1.29, 1.82) is 0 Å². The number of carbonyl (C=O) groups is 1. The Kier molecular flexibility index (Phi) is 6.08. The van der Waals surface area contributed by atoms with E-state index in [0.717, 1.165) is 36.6 Å². The van der Waals surface area contributed by atoms with Crippen LogP contribution in [0.1, 0.15) is 31.5 Å². The first kappa shape index (κ1) is 23.1. The van der Waals surface area contributed by atoms with Crippen molar-refractivity contribution in [2.24, 2.45) is 5.92 Å². The highest BCUT2D eigenvalue weighted by Crippen LogP contribution is 2.30. The molecule has 0 radical (unpaired) electrons. The molecule has 1 amide bonds. The fourth-order valence-electron chi connectivity index (χ4n) is 4.84. The highest BCUT2D eigenvalue weighted by atomic mass is 19.3. The Bertz CT molecular complexity index is 1370. The zero-order valence-corrected chi connectivity index (χ0v) is 19.9. The number of halogens is 2. The number of H-pyrrole nitrogens is 1. The second-order valence-electron chi connectivity index (χ2n) is 9.28. The average molecular weight is 483 g/mol. The number of aromatic nitrogens is 6. The second-order valence-corrected chi connectivity index (χ2v) is 9.28. The maximum absolute atomic E-state index is 13.1. The van der Waals surface area contributed by atoms with E-state index in [2.05, 4.69) is 30.2 Å². The van der Waals surface area contributed by atoms with Crippen molar-refractivity contribution < 1.29 is 13.6 Å². The van der Waals surface area contributed by atoms with Gasteiger partial charge in [0.1, 0.15) is 17.0 Å². The number of carbonyl (C=O) groups excluding carboxylic acids is 1. The van der Waals surface area contributed by atoms with Crippen LogP contribution in [0.2, 0.25) is 0 Å². The predicted molar refractivity (Wildman–Crippen MR) is 129 cm³/mol. The molecule has 1 saturated carbocycles. The maximum Gasteiger partial charge on any atom is 0.256 e. The van der Waals surface area contributed by atoms with Crippen LogP contribution in [0, 0.1) is 12.8 Å². The number of aryl methyl sites for hydroxylation is 1. The van der Waals surface area contributed by atoms with Crippen LogP contribution >= 0.6 is 0 Å². The summed E-state index contributed by atoms with van der Waals surface area (Å²) in [6.07, 6.45) is 4.52. The summed E-state index contributed by atoms with van der Waals surface area (Å²) in [4.78, 5) is 35.2. The highest BCUT2D eigenvalue weighted by Gasteiger charge is 2.27. The Hall–Kier alpha value is -3.63. The van der Waals surface area contributed by atoms with Crippen LogP contribution in [-0.2, 0) is 11.3 Å². The number of nitrogens with one attached hydrogen (secondary N) is 2. The largest absolute Gasteiger partial charge is 0.351 e. The van der Waals surface area contributed by atoms with Gasteiger partial charge in [0.2, 0.25) is 11.9 Å². The molecule has 2 N–H and O–H groups in total. The van der Waals surface area contributed by atoms with Gasteiger partial charge in [-0.2, -0.15) is 4.98 Å². The topological polar surface area (TPSA) is 105 Å². The van der Waals surface area contributed by atoms with Gasteiger partial charge in [-0.05, 0) is 44.7 Å². The van der Waals surface area contributed by atoms with E-state index in [1.54, 1.807) is 44.4 Å². The zero-order chi connectivity index (χ0) is 24.7. The molecule has 0 atom stereocenters. The first-order valence-corrected chi connectivity index (χ1v) is 11.7. The summed E-state index contributed by atoms with van der Waals surface area (Å²) < 4.78 is 27.6. The molecule has 0 aromatic carbocycles. The lowest BCUT2D eigenvalue weighted by Crippen LogP contribution is -2.35. The van der Waals surface area contributed by atoms with Crippen LogP contribution in [0.15, 0.2) is 24.5 Å². The molecule has 11 heteroatoms. The molecule has 0 spiro atoms. The third-order valence-corrected chi connectivity index (χ3v) is 6.66. The van der Waals surface area contributed by atoms with Gasteiger partial charge in [0.15, 0.2) is 5.65 Å². The fourth-order valence-corrected chi connectivity index (χ4v) is 4.84. The number of alkyl halides is 2. The summed E-state index contributed by atoms with van der Waals surface area (Å²) in [5, 5.41) is 4.19. The maximum atomic E-state index is 13.1. The van der Waals surface area contributed by atoms with Crippen LogP contribution in [-0.4, -0.2) is 66.9 Å². The molecule has 5 rings (SSSR count). The molecule has 1 fully saturated rings. The quantitative estimate of drug-likeness (QED) is 0.430. The van der Waals surface area contributed by atoms with Crippen molar-refractivity contribution in [3.8, 4) is 11.3 Å². The Morgan fingerprint density at radius 1 is 1.20 bits per heavy atom. The summed E-state index contributed by atoms with van der Waals surface area (Å²) in [7, 11) is 3.60. The minimum atomic E-state index is -2.49. The molecule has 184 valence electrons. The molecule has 4 aromatic rings. The van der Waals surface area contributed by atoms with Gasteiger partial charge in [-0.1, -0.05) is 0 Å². The number of imidazole rings is 1. The Morgan fingerprint density at radius 3 is 2.69 bits per heavy atom. The van der Waals surface area contributed by atoms with Crippen molar-refractivity contribution in [1.82, 2.24) is 34.4 Å². The molecule has 0 saturated heterocycles. The van der Waals surface area contributed by atoms with Gasteiger partial charge in [0.25, 0.3) is 6.43 Å². The summed E-state index contributed by atoms with van der Waals surface area (Å²) in [6, 6.07) is 3.83. The molecule has 9 nitrogen and oxygen atoms in total. The number of pyridine rings is 1. The molecular weight excluding hydrogens is 454 g/mol. The van der Waals surface area contributed by atoms with Gasteiger partial charge >= 0.3 is 0 Å². The number of rotatable bonds is 6. The minimum Gasteiger partial charge on any atom is -0.351 e. The number of fused-ring (bicyclic) bond motifs is 2. The lowest BCUT2D eigenvalue weighted by Gasteiger charge is -2.29. The zero-order valence-electron chi connectivity index (χ0n) is 19.9. The molecule has 1 aliphatic rings. The van der Waals surface area contributed by atoms with Gasteiger partial charge in [0, 0.05) is 49.4 Å². The monoisotopic (exact) mass is 482 g/mol. The number of nitrogens with zero attached hydrogens (tertiary/aromatic N) is 6. The van der Waals surface area contributed by atoms with Crippen molar-refractivity contribution in [2.45, 2.75) is 51.6 Å². The van der Waals surface area contributed by atoms with Crippen molar-refractivity contribution in [3.05, 3.63) is 30.4 Å². The number of aromatic amines is 1. The van der Waals surface area contributed by atoms with E-state index in [0.29, 0.717) is 34.3 Å². The van der Waals surface area contributed by atoms with Gasteiger partial charge in [0.05, 0.1) is 12.2 Å². The SMILES string of the molecule is Cc1nc2ccc(-c3c[nH]c4nc(NC5CCC(C(=O)N(C)C)CC5)ncc34)nc2n1CC(F)F. The van der Waals surface area contributed by atoms with Crippen molar-refractivity contribution >= 4 is 34.1 Å². The third kappa shape index (κ3) is 4.54. The van der Waals surface area contributed by atoms with Crippen LogP contribution in [0.3, 0.4) is 0 Å². The second kappa shape index (κ2) is 9.20. The number of anilines is 1. The first-order chi connectivity index (χ1) is 16.8. The number of amides is 1. The van der Waals surface area contributed by atoms with E-state index in [1.165, 1.54) is 4.57 Å². The minimum absolute atomic E-state index is 0.0861. The summed E-state index contributed by atoms with van der Waals surface area (Å²) >= 11 is 0. The van der Waals surface area contributed by atoms with Gasteiger partial charge in [-0.15, -0.1) is 0 Å². The fraction of sp³-hybridized carbons (Fsp3) is 0.458. The predicted octanol–water partition coefficient (Wildman–Crippen LogP) is 4.00. The molecular formula is C24H28F2N8O. The normalized spacial score (nSPS) is 18.5. The summed E-state index contributed by atoms with van der Waals surface area (Å²) in [6.45, 7) is 1.25. The van der Waals surface area contributed by atoms with E-state index in [1.807, 2.05) is 6.07 Å². The highest BCUT2D eigenvalue weighted by molar-refractivity contribution is 5.93. The van der Waals surface area contributed by atoms with E-state index in [4.69, 9.17) is 0 Å². The standard InChI is InChI=1S/C24H28F2N8O/c1-13-29-19-9-8-18(31-22(19)34(13)12-20(25)26)16-10-27-21-17(16)11-28-24(32-21)30-15-6-4-14(5-7-15)23(35)33(2)3/h8-11,14-15,20H,4-7,12H2,1-3H3,(H2,27,28,30,32). The molecule has 0 unspecified atom stereocenters. The van der Waals surface area contributed by atoms with Crippen LogP contribution in [0.25, 0.3) is 33.5 Å². The van der Waals surface area contributed by atoms with Crippen LogP contribution in [0.4, 0.5) is 14.7 Å². The van der Waals surface area contributed by atoms with Gasteiger partial charge < -0.3 is 19.8 Å². The van der Waals surface area contributed by atoms with E-state index < -0.39 is 13.0 Å². The number of hydrogen-bond acceptors (Lipinski definition) is 6.